The molecule has 0 aliphatic rings. The standard InChI is InChI=1S/C12H24N2O4/c1-2-9-18-10-5-8-14-12(17)13-7-4-3-6-11(15)16/h2-10H2,1H3,(H,15,16)(H2,13,14,17). The average molecular weight is 260 g/mol. The molecule has 0 aromatic carbocycles. The summed E-state index contributed by atoms with van der Waals surface area (Å²) in [5.74, 6) is -0.800. The molecule has 18 heavy (non-hydrogen) atoms. The number of hydrogen-bond acceptors (Lipinski definition) is 3. The van der Waals surface area contributed by atoms with E-state index in [2.05, 4.69) is 17.6 Å². The minimum atomic E-state index is -0.800. The van der Waals surface area contributed by atoms with Crippen molar-refractivity contribution in [2.75, 3.05) is 26.3 Å². The lowest BCUT2D eigenvalue weighted by atomic mass is 10.2. The van der Waals surface area contributed by atoms with Crippen molar-refractivity contribution in [1.29, 1.82) is 0 Å². The second kappa shape index (κ2) is 12.2. The zero-order valence-corrected chi connectivity index (χ0v) is 11.0. The van der Waals surface area contributed by atoms with Gasteiger partial charge < -0.3 is 20.5 Å². The monoisotopic (exact) mass is 260 g/mol. The number of unbranched alkanes of at least 4 members (excludes halogenated alkanes) is 1. The molecule has 3 N–H and O–H groups in total. The highest BCUT2D eigenvalue weighted by molar-refractivity contribution is 5.73. The lowest BCUT2D eigenvalue weighted by molar-refractivity contribution is -0.137. The Morgan fingerprint density at radius 3 is 2.33 bits per heavy atom. The predicted octanol–water partition coefficient (Wildman–Crippen LogP) is 1.36. The fourth-order valence-corrected chi connectivity index (χ4v) is 1.29. The van der Waals surface area contributed by atoms with Crippen molar-refractivity contribution in [1.82, 2.24) is 10.6 Å². The number of hydrogen-bond donors (Lipinski definition) is 3. The molecule has 0 radical (unpaired) electrons. The second-order valence-electron chi connectivity index (χ2n) is 4.00. The first-order valence-corrected chi connectivity index (χ1v) is 6.48. The van der Waals surface area contributed by atoms with E-state index in [-0.39, 0.29) is 12.5 Å². The van der Waals surface area contributed by atoms with Crippen molar-refractivity contribution in [3.05, 3.63) is 0 Å². The van der Waals surface area contributed by atoms with Crippen LogP contribution in [0.1, 0.15) is 39.0 Å². The van der Waals surface area contributed by atoms with Gasteiger partial charge in [-0.15, -0.1) is 0 Å². The molecule has 106 valence electrons. The Balaban J connectivity index is 3.20. The maximum Gasteiger partial charge on any atom is 0.314 e. The number of urea groups is 1. The summed E-state index contributed by atoms with van der Waals surface area (Å²) in [5.41, 5.74) is 0. The highest BCUT2D eigenvalue weighted by Gasteiger charge is 2.00. The van der Waals surface area contributed by atoms with Gasteiger partial charge in [0.1, 0.15) is 0 Å². The molecule has 0 saturated carbocycles. The third kappa shape index (κ3) is 12.8. The smallest absolute Gasteiger partial charge is 0.314 e. The van der Waals surface area contributed by atoms with Gasteiger partial charge in [-0.1, -0.05) is 6.92 Å². The van der Waals surface area contributed by atoms with Gasteiger partial charge in [0.05, 0.1) is 0 Å². The topological polar surface area (TPSA) is 87.7 Å². The van der Waals surface area contributed by atoms with Crippen molar-refractivity contribution in [2.45, 2.75) is 39.0 Å². The van der Waals surface area contributed by atoms with Gasteiger partial charge in [0.15, 0.2) is 0 Å². The van der Waals surface area contributed by atoms with E-state index in [1.807, 2.05) is 0 Å². The number of carbonyl (C=O) groups excluding carboxylic acids is 1. The number of ether oxygens (including phenoxy) is 1. The maximum absolute atomic E-state index is 11.2. The fraction of sp³-hybridized carbons (Fsp3) is 0.833. The molecule has 0 atom stereocenters. The summed E-state index contributed by atoms with van der Waals surface area (Å²) in [6, 6.07) is -0.208. The largest absolute Gasteiger partial charge is 0.481 e. The molecule has 0 rings (SSSR count). The van der Waals surface area contributed by atoms with Crippen molar-refractivity contribution in [2.24, 2.45) is 0 Å². The molecule has 0 aliphatic carbocycles. The van der Waals surface area contributed by atoms with E-state index < -0.39 is 5.97 Å². The fourth-order valence-electron chi connectivity index (χ4n) is 1.29. The number of nitrogens with one attached hydrogen (secondary N) is 2. The number of aliphatic carboxylic acids is 1. The van der Waals surface area contributed by atoms with Crippen LogP contribution in [0.4, 0.5) is 4.79 Å². The molecule has 6 nitrogen and oxygen atoms in total. The molecule has 0 aromatic rings. The molecule has 0 bridgehead atoms. The van der Waals surface area contributed by atoms with Crippen LogP contribution < -0.4 is 10.6 Å². The van der Waals surface area contributed by atoms with Crippen LogP contribution in [-0.2, 0) is 9.53 Å². The van der Waals surface area contributed by atoms with Gasteiger partial charge in [-0.3, -0.25) is 4.79 Å². The van der Waals surface area contributed by atoms with Gasteiger partial charge in [-0.2, -0.15) is 0 Å². The Morgan fingerprint density at radius 2 is 1.72 bits per heavy atom. The first kappa shape index (κ1) is 16.7. The first-order chi connectivity index (χ1) is 8.66. The van der Waals surface area contributed by atoms with E-state index >= 15 is 0 Å². The summed E-state index contributed by atoms with van der Waals surface area (Å²) >= 11 is 0. The SMILES string of the molecule is CCCOCCCNC(=O)NCCCCC(=O)O. The molecular formula is C12H24N2O4. The molecule has 0 unspecified atom stereocenters. The van der Waals surface area contributed by atoms with E-state index in [4.69, 9.17) is 9.84 Å². The van der Waals surface area contributed by atoms with Crippen LogP contribution in [-0.4, -0.2) is 43.4 Å². The average Bonchev–Trinajstić information content (AvgIpc) is 2.33. The third-order valence-electron chi connectivity index (χ3n) is 2.20. The van der Waals surface area contributed by atoms with Crippen LogP contribution in [0.5, 0.6) is 0 Å². The van der Waals surface area contributed by atoms with Gasteiger partial charge in [0, 0.05) is 32.7 Å². The Hall–Kier alpha value is -1.30. The van der Waals surface area contributed by atoms with Crippen LogP contribution in [0.2, 0.25) is 0 Å². The Kier molecular flexibility index (Phi) is 11.3. The van der Waals surface area contributed by atoms with Crippen LogP contribution in [0.3, 0.4) is 0 Å². The maximum atomic E-state index is 11.2. The van der Waals surface area contributed by atoms with Crippen LogP contribution >= 0.6 is 0 Å². The molecule has 6 heteroatoms. The molecule has 2 amide bonds. The van der Waals surface area contributed by atoms with Gasteiger partial charge in [-0.05, 0) is 25.7 Å². The van der Waals surface area contributed by atoms with E-state index in [1.54, 1.807) is 0 Å². The van der Waals surface area contributed by atoms with Crippen molar-refractivity contribution in [3.8, 4) is 0 Å². The van der Waals surface area contributed by atoms with Crippen LogP contribution in [0.25, 0.3) is 0 Å². The van der Waals surface area contributed by atoms with Crippen molar-refractivity contribution in [3.63, 3.8) is 0 Å². The summed E-state index contributed by atoms with van der Waals surface area (Å²) in [6.45, 7) is 4.56. The molecule has 0 spiro atoms. The van der Waals surface area contributed by atoms with Gasteiger partial charge in [0.25, 0.3) is 0 Å². The van der Waals surface area contributed by atoms with Crippen molar-refractivity contribution < 1.29 is 19.4 Å². The summed E-state index contributed by atoms with van der Waals surface area (Å²) in [6.07, 6.45) is 3.22. The molecule has 0 fully saturated rings. The van der Waals surface area contributed by atoms with E-state index in [0.29, 0.717) is 32.5 Å². The van der Waals surface area contributed by atoms with E-state index in [1.165, 1.54) is 0 Å². The number of carbonyl (C=O) groups is 2. The van der Waals surface area contributed by atoms with Gasteiger partial charge >= 0.3 is 12.0 Å². The number of carboxylic acid groups (broad SMARTS) is 1. The molecule has 0 aromatic heterocycles. The first-order valence-electron chi connectivity index (χ1n) is 6.48. The zero-order valence-electron chi connectivity index (χ0n) is 11.0. The molecular weight excluding hydrogens is 236 g/mol. The lowest BCUT2D eigenvalue weighted by Gasteiger charge is -2.07. The van der Waals surface area contributed by atoms with Crippen LogP contribution in [0, 0.1) is 0 Å². The minimum Gasteiger partial charge on any atom is -0.481 e. The molecule has 0 heterocycles. The minimum absolute atomic E-state index is 0.151. The molecule has 0 aliphatic heterocycles. The summed E-state index contributed by atoms with van der Waals surface area (Å²) in [5, 5.41) is 13.8. The van der Waals surface area contributed by atoms with Gasteiger partial charge in [0.2, 0.25) is 0 Å². The normalized spacial score (nSPS) is 10.1. The summed E-state index contributed by atoms with van der Waals surface area (Å²) in [7, 11) is 0. The van der Waals surface area contributed by atoms with Crippen LogP contribution in [0.15, 0.2) is 0 Å². The lowest BCUT2D eigenvalue weighted by Crippen LogP contribution is -2.36. The number of carboxylic acids is 1. The number of rotatable bonds is 11. The number of amides is 2. The Bertz CT molecular complexity index is 234. The van der Waals surface area contributed by atoms with Crippen molar-refractivity contribution >= 4 is 12.0 Å². The quantitative estimate of drug-likeness (QED) is 0.489. The second-order valence-corrected chi connectivity index (χ2v) is 4.00. The van der Waals surface area contributed by atoms with E-state index in [0.717, 1.165) is 19.4 Å². The van der Waals surface area contributed by atoms with E-state index in [9.17, 15) is 9.59 Å². The summed E-state index contributed by atoms with van der Waals surface area (Å²) < 4.78 is 5.27. The summed E-state index contributed by atoms with van der Waals surface area (Å²) in [4.78, 5) is 21.5. The highest BCUT2D eigenvalue weighted by atomic mass is 16.5. The Morgan fingerprint density at radius 1 is 1.06 bits per heavy atom. The highest BCUT2D eigenvalue weighted by Crippen LogP contribution is 1.93. The Labute approximate surface area is 108 Å². The zero-order chi connectivity index (χ0) is 13.6. The third-order valence-corrected chi connectivity index (χ3v) is 2.20. The van der Waals surface area contributed by atoms with Gasteiger partial charge in [-0.25, -0.2) is 4.79 Å². The predicted molar refractivity (Wildman–Crippen MR) is 68.6 cm³/mol. The molecule has 0 saturated heterocycles.